The Kier molecular flexibility index (Phi) is 4.82. The van der Waals surface area contributed by atoms with E-state index in [9.17, 15) is 4.79 Å². The molecule has 1 aromatic rings. The number of nitrogens with two attached hydrogens (primary N) is 1. The Morgan fingerprint density at radius 3 is 2.82 bits per heavy atom. The van der Waals surface area contributed by atoms with E-state index in [0.29, 0.717) is 24.0 Å². The molecule has 0 aliphatic carbocycles. The Labute approximate surface area is 101 Å². The molecule has 4 nitrogen and oxygen atoms in total. The minimum Gasteiger partial charge on any atom is -0.492 e. The van der Waals surface area contributed by atoms with Gasteiger partial charge in [0, 0.05) is 11.8 Å². The molecule has 0 radical (unpaired) electrons. The van der Waals surface area contributed by atoms with E-state index < -0.39 is 5.97 Å². The lowest BCUT2D eigenvalue weighted by Gasteiger charge is -2.14. The Balaban J connectivity index is 2.75. The van der Waals surface area contributed by atoms with Crippen LogP contribution in [0.15, 0.2) is 18.2 Å². The second-order valence-corrected chi connectivity index (χ2v) is 4.27. The minimum atomic E-state index is -0.997. The van der Waals surface area contributed by atoms with Crippen LogP contribution in [0, 0.1) is 5.92 Å². The molecule has 94 valence electrons. The van der Waals surface area contributed by atoms with Gasteiger partial charge in [0.25, 0.3) is 0 Å². The van der Waals surface area contributed by atoms with Gasteiger partial charge in [-0.05, 0) is 24.5 Å². The third-order valence-electron chi connectivity index (χ3n) is 2.54. The van der Waals surface area contributed by atoms with Crippen molar-refractivity contribution in [2.24, 2.45) is 5.92 Å². The fourth-order valence-electron chi connectivity index (χ4n) is 1.64. The number of aromatic carboxylic acids is 1. The van der Waals surface area contributed by atoms with E-state index in [1.807, 2.05) is 0 Å². The van der Waals surface area contributed by atoms with Crippen molar-refractivity contribution in [3.05, 3.63) is 23.8 Å². The maximum atomic E-state index is 11.0. The molecule has 0 heterocycles. The van der Waals surface area contributed by atoms with Gasteiger partial charge in [-0.2, -0.15) is 0 Å². The summed E-state index contributed by atoms with van der Waals surface area (Å²) in [5, 5.41) is 9.00. The predicted molar refractivity (Wildman–Crippen MR) is 67.4 cm³/mol. The Morgan fingerprint density at radius 1 is 1.53 bits per heavy atom. The van der Waals surface area contributed by atoms with Crippen molar-refractivity contribution in [3.63, 3.8) is 0 Å². The highest BCUT2D eigenvalue weighted by Crippen LogP contribution is 2.23. The first-order valence-electron chi connectivity index (χ1n) is 5.80. The Bertz CT molecular complexity index is 390. The first-order chi connectivity index (χ1) is 8.04. The van der Waals surface area contributed by atoms with Crippen LogP contribution in [0.4, 0.5) is 5.69 Å². The third kappa shape index (κ3) is 3.98. The molecule has 1 rings (SSSR count). The second kappa shape index (κ2) is 6.13. The molecule has 4 heteroatoms. The SMILES string of the molecule is CCCC(C)COc1cc(N)ccc1C(=O)O. The lowest BCUT2D eigenvalue weighted by Crippen LogP contribution is -2.11. The molecule has 1 atom stereocenters. The molecule has 1 aromatic carbocycles. The number of carboxylic acid groups (broad SMARTS) is 1. The van der Waals surface area contributed by atoms with Crippen LogP contribution in [0.25, 0.3) is 0 Å². The zero-order chi connectivity index (χ0) is 12.8. The largest absolute Gasteiger partial charge is 0.492 e. The summed E-state index contributed by atoms with van der Waals surface area (Å²) in [4.78, 5) is 11.0. The summed E-state index contributed by atoms with van der Waals surface area (Å²) in [6.45, 7) is 4.70. The van der Waals surface area contributed by atoms with Gasteiger partial charge in [-0.1, -0.05) is 20.3 Å². The first kappa shape index (κ1) is 13.4. The van der Waals surface area contributed by atoms with Gasteiger partial charge in [0.05, 0.1) is 6.61 Å². The Hall–Kier alpha value is -1.71. The molecule has 0 saturated heterocycles. The van der Waals surface area contributed by atoms with E-state index in [0.717, 1.165) is 12.8 Å². The summed E-state index contributed by atoms with van der Waals surface area (Å²) in [5.74, 6) is -0.244. The molecule has 0 aromatic heterocycles. The van der Waals surface area contributed by atoms with Gasteiger partial charge in [0.15, 0.2) is 0 Å². The number of nitrogen functional groups attached to an aromatic ring is 1. The fraction of sp³-hybridized carbons (Fsp3) is 0.462. The maximum absolute atomic E-state index is 11.0. The number of anilines is 1. The van der Waals surface area contributed by atoms with Gasteiger partial charge < -0.3 is 15.6 Å². The van der Waals surface area contributed by atoms with Crippen LogP contribution in [0.2, 0.25) is 0 Å². The van der Waals surface area contributed by atoms with Gasteiger partial charge >= 0.3 is 5.97 Å². The molecular weight excluding hydrogens is 218 g/mol. The summed E-state index contributed by atoms with van der Waals surface area (Å²) in [6, 6.07) is 4.59. The highest BCUT2D eigenvalue weighted by atomic mass is 16.5. The van der Waals surface area contributed by atoms with Crippen molar-refractivity contribution in [2.45, 2.75) is 26.7 Å². The van der Waals surface area contributed by atoms with Crippen LogP contribution in [0.1, 0.15) is 37.0 Å². The van der Waals surface area contributed by atoms with Crippen LogP contribution >= 0.6 is 0 Å². The number of carboxylic acids is 1. The Morgan fingerprint density at radius 2 is 2.24 bits per heavy atom. The molecule has 1 unspecified atom stereocenters. The number of ether oxygens (including phenoxy) is 1. The van der Waals surface area contributed by atoms with E-state index in [-0.39, 0.29) is 5.56 Å². The molecule has 0 aliphatic rings. The van der Waals surface area contributed by atoms with Crippen molar-refractivity contribution in [3.8, 4) is 5.75 Å². The van der Waals surface area contributed by atoms with Crippen molar-refractivity contribution < 1.29 is 14.6 Å². The predicted octanol–water partition coefficient (Wildman–Crippen LogP) is 2.78. The van der Waals surface area contributed by atoms with E-state index in [2.05, 4.69) is 13.8 Å². The summed E-state index contributed by atoms with van der Waals surface area (Å²) in [6.07, 6.45) is 2.15. The maximum Gasteiger partial charge on any atom is 0.339 e. The van der Waals surface area contributed by atoms with Gasteiger partial charge in [0.1, 0.15) is 11.3 Å². The first-order valence-corrected chi connectivity index (χ1v) is 5.80. The minimum absolute atomic E-state index is 0.155. The molecule has 0 fully saturated rings. The standard InChI is InChI=1S/C13H19NO3/c1-3-4-9(2)8-17-12-7-10(14)5-6-11(12)13(15)16/h5-7,9H,3-4,8,14H2,1-2H3,(H,15,16). The van der Waals surface area contributed by atoms with Crippen LogP contribution in [-0.4, -0.2) is 17.7 Å². The molecule has 0 amide bonds. The van der Waals surface area contributed by atoms with E-state index >= 15 is 0 Å². The highest BCUT2D eigenvalue weighted by Gasteiger charge is 2.12. The summed E-state index contributed by atoms with van der Waals surface area (Å²) in [5.41, 5.74) is 6.28. The van der Waals surface area contributed by atoms with Crippen molar-refractivity contribution >= 4 is 11.7 Å². The van der Waals surface area contributed by atoms with E-state index in [1.165, 1.54) is 6.07 Å². The summed E-state index contributed by atoms with van der Waals surface area (Å²) >= 11 is 0. The number of hydrogen-bond acceptors (Lipinski definition) is 3. The highest BCUT2D eigenvalue weighted by molar-refractivity contribution is 5.91. The topological polar surface area (TPSA) is 72.5 Å². The molecule has 0 saturated carbocycles. The number of benzene rings is 1. The number of rotatable bonds is 6. The normalized spacial score (nSPS) is 12.1. The molecule has 0 bridgehead atoms. The zero-order valence-electron chi connectivity index (χ0n) is 10.3. The van der Waals surface area contributed by atoms with Crippen LogP contribution in [-0.2, 0) is 0 Å². The molecular formula is C13H19NO3. The molecule has 0 spiro atoms. The monoisotopic (exact) mass is 237 g/mol. The molecule has 3 N–H and O–H groups in total. The molecule has 0 aliphatic heterocycles. The number of hydrogen-bond donors (Lipinski definition) is 2. The van der Waals surface area contributed by atoms with E-state index in [4.69, 9.17) is 15.6 Å². The lowest BCUT2D eigenvalue weighted by atomic mass is 10.1. The average Bonchev–Trinajstić information content (AvgIpc) is 2.26. The average molecular weight is 237 g/mol. The van der Waals surface area contributed by atoms with Gasteiger partial charge in [0.2, 0.25) is 0 Å². The summed E-state index contributed by atoms with van der Waals surface area (Å²) < 4.78 is 5.53. The summed E-state index contributed by atoms with van der Waals surface area (Å²) in [7, 11) is 0. The van der Waals surface area contributed by atoms with Crippen LogP contribution in [0.5, 0.6) is 5.75 Å². The van der Waals surface area contributed by atoms with Gasteiger partial charge in [-0.25, -0.2) is 4.79 Å². The zero-order valence-corrected chi connectivity index (χ0v) is 10.3. The van der Waals surface area contributed by atoms with Crippen molar-refractivity contribution in [2.75, 3.05) is 12.3 Å². The van der Waals surface area contributed by atoms with Crippen molar-refractivity contribution in [1.82, 2.24) is 0 Å². The van der Waals surface area contributed by atoms with Gasteiger partial charge in [-0.15, -0.1) is 0 Å². The van der Waals surface area contributed by atoms with Gasteiger partial charge in [-0.3, -0.25) is 0 Å². The third-order valence-corrected chi connectivity index (χ3v) is 2.54. The second-order valence-electron chi connectivity index (χ2n) is 4.27. The quantitative estimate of drug-likeness (QED) is 0.746. The fourth-order valence-corrected chi connectivity index (χ4v) is 1.64. The van der Waals surface area contributed by atoms with Crippen molar-refractivity contribution in [1.29, 1.82) is 0 Å². The molecule has 17 heavy (non-hydrogen) atoms. The smallest absolute Gasteiger partial charge is 0.339 e. The van der Waals surface area contributed by atoms with Crippen LogP contribution < -0.4 is 10.5 Å². The number of carbonyl (C=O) groups is 1. The van der Waals surface area contributed by atoms with Crippen LogP contribution in [0.3, 0.4) is 0 Å². The lowest BCUT2D eigenvalue weighted by molar-refractivity contribution is 0.0691. The van der Waals surface area contributed by atoms with E-state index in [1.54, 1.807) is 12.1 Å².